The highest BCUT2D eigenvalue weighted by Crippen LogP contribution is 2.60. The maximum Gasteiger partial charge on any atom is 0.426 e. The number of fused-ring (bicyclic) bond motifs is 3. The van der Waals surface area contributed by atoms with Gasteiger partial charge in [-0.1, -0.05) is 18.2 Å². The normalized spacial score (nSPS) is 24.0. The van der Waals surface area contributed by atoms with E-state index in [1.54, 1.807) is 0 Å². The Balaban J connectivity index is 1.68. The van der Waals surface area contributed by atoms with Crippen molar-refractivity contribution in [3.63, 3.8) is 0 Å². The number of benzene rings is 3. The maximum atomic E-state index is 14.9. The Kier molecular flexibility index (Phi) is 6.65. The third-order valence-corrected chi connectivity index (χ3v) is 13.2. The van der Waals surface area contributed by atoms with Crippen LogP contribution in [0.2, 0.25) is 0 Å². The number of aromatic carboxylic acids is 1. The first-order chi connectivity index (χ1) is 18.9. The number of carboxylic acid groups (broad SMARTS) is 1. The summed E-state index contributed by atoms with van der Waals surface area (Å²) in [6.07, 6.45) is -5.87. The number of halogens is 5. The van der Waals surface area contributed by atoms with Gasteiger partial charge in [0.05, 0.1) is 20.6 Å². The van der Waals surface area contributed by atoms with Crippen molar-refractivity contribution in [3.05, 3.63) is 94.8 Å². The molecule has 4 atom stereocenters. The van der Waals surface area contributed by atoms with Gasteiger partial charge in [-0.3, -0.25) is 0 Å². The van der Waals surface area contributed by atoms with E-state index in [4.69, 9.17) is 5.11 Å². The SMILES string of the molecule is CC(F)(c1ccc2c(c1)CC1C(S(=O)(=O)c3ccc(C(=O)O)cc3)CCC21S(=O)(=O)c1ccc(F)cc1)C(F)(F)F. The minimum absolute atomic E-state index is 0.0763. The molecule has 0 aromatic heterocycles. The molecular formula is C28H23F5O6S2. The average molecular weight is 615 g/mol. The quantitative estimate of drug-likeness (QED) is 0.280. The molecule has 0 heterocycles. The Morgan fingerprint density at radius 1 is 0.902 bits per heavy atom. The van der Waals surface area contributed by atoms with Gasteiger partial charge in [0, 0.05) is 5.92 Å². The van der Waals surface area contributed by atoms with Gasteiger partial charge in [-0.05, 0) is 91.4 Å². The molecule has 3 aromatic carbocycles. The van der Waals surface area contributed by atoms with Crippen LogP contribution < -0.4 is 0 Å². The maximum absolute atomic E-state index is 14.9. The number of hydrogen-bond donors (Lipinski definition) is 1. The Morgan fingerprint density at radius 3 is 2.05 bits per heavy atom. The van der Waals surface area contributed by atoms with Crippen molar-refractivity contribution in [1.82, 2.24) is 0 Å². The summed E-state index contributed by atoms with van der Waals surface area (Å²) in [4.78, 5) is 10.7. The summed E-state index contributed by atoms with van der Waals surface area (Å²) in [5.41, 5.74) is -4.51. The molecule has 1 fully saturated rings. The Bertz CT molecular complexity index is 1750. The van der Waals surface area contributed by atoms with Crippen LogP contribution in [0.15, 0.2) is 76.5 Å². The Morgan fingerprint density at radius 2 is 1.49 bits per heavy atom. The van der Waals surface area contributed by atoms with Crippen LogP contribution in [0.25, 0.3) is 0 Å². The molecule has 0 amide bonds. The molecule has 1 N–H and O–H groups in total. The van der Waals surface area contributed by atoms with Crippen molar-refractivity contribution in [2.45, 2.75) is 57.8 Å². The van der Waals surface area contributed by atoms with Gasteiger partial charge >= 0.3 is 12.1 Å². The number of hydrogen-bond acceptors (Lipinski definition) is 5. The number of carboxylic acids is 1. The summed E-state index contributed by atoms with van der Waals surface area (Å²) in [6.45, 7) is 0.351. The van der Waals surface area contributed by atoms with Gasteiger partial charge in [-0.25, -0.2) is 30.4 Å². The summed E-state index contributed by atoms with van der Waals surface area (Å²) < 4.78 is 123. The minimum Gasteiger partial charge on any atom is -0.478 e. The van der Waals surface area contributed by atoms with Crippen LogP contribution in [-0.4, -0.2) is 39.3 Å². The van der Waals surface area contributed by atoms with Crippen LogP contribution in [0.4, 0.5) is 22.0 Å². The Hall–Kier alpha value is -3.32. The summed E-state index contributed by atoms with van der Waals surface area (Å²) in [5, 5.41) is 7.84. The lowest BCUT2D eigenvalue weighted by Gasteiger charge is -2.32. The highest BCUT2D eigenvalue weighted by atomic mass is 32.2. The first kappa shape index (κ1) is 29.2. The molecule has 218 valence electrons. The summed E-state index contributed by atoms with van der Waals surface area (Å²) in [5.74, 6) is -3.16. The predicted molar refractivity (Wildman–Crippen MR) is 137 cm³/mol. The smallest absolute Gasteiger partial charge is 0.426 e. The van der Waals surface area contributed by atoms with Crippen molar-refractivity contribution in [2.24, 2.45) is 5.92 Å². The van der Waals surface area contributed by atoms with Crippen LogP contribution in [-0.2, 0) is 36.5 Å². The molecule has 0 spiro atoms. The number of alkyl halides is 4. The highest BCUT2D eigenvalue weighted by molar-refractivity contribution is 7.93. The molecule has 3 aromatic rings. The standard InChI is InChI=1S/C28H23F5O6S2/c1-26(30,28(31,32)33)18-4-11-22-17(14-18)15-23-24(40(36,37)20-7-2-16(3-8-20)25(34)35)12-13-27(22,23)41(38,39)21-9-5-19(29)6-10-21/h2-11,14,23-24H,12-13,15H2,1H3,(H,34,35). The van der Waals surface area contributed by atoms with E-state index in [9.17, 15) is 43.6 Å². The van der Waals surface area contributed by atoms with Crippen LogP contribution in [0.3, 0.4) is 0 Å². The second-order valence-corrected chi connectivity index (χ2v) is 14.9. The summed E-state index contributed by atoms with van der Waals surface area (Å²) in [7, 11) is -8.74. The Labute approximate surface area is 232 Å². The van der Waals surface area contributed by atoms with Gasteiger partial charge in [0.1, 0.15) is 10.6 Å². The second kappa shape index (κ2) is 9.35. The van der Waals surface area contributed by atoms with Crippen molar-refractivity contribution in [2.75, 3.05) is 0 Å². The zero-order valence-electron chi connectivity index (χ0n) is 21.3. The van der Waals surface area contributed by atoms with Crippen molar-refractivity contribution in [3.8, 4) is 0 Å². The van der Waals surface area contributed by atoms with Crippen LogP contribution in [0, 0.1) is 11.7 Å². The summed E-state index contributed by atoms with van der Waals surface area (Å²) >= 11 is 0. The lowest BCUT2D eigenvalue weighted by atomic mass is 9.91. The van der Waals surface area contributed by atoms with E-state index in [1.165, 1.54) is 0 Å². The van der Waals surface area contributed by atoms with Crippen molar-refractivity contribution >= 4 is 25.6 Å². The van der Waals surface area contributed by atoms with Gasteiger partial charge in [-0.15, -0.1) is 0 Å². The van der Waals surface area contributed by atoms with E-state index in [1.807, 2.05) is 0 Å². The van der Waals surface area contributed by atoms with Gasteiger partial charge in [0.15, 0.2) is 19.7 Å². The third-order valence-electron chi connectivity index (χ3n) is 8.36. The lowest BCUT2D eigenvalue weighted by Crippen LogP contribution is -2.41. The largest absolute Gasteiger partial charge is 0.478 e. The minimum atomic E-state index is -5.26. The molecule has 0 radical (unpaired) electrons. The monoisotopic (exact) mass is 614 g/mol. The molecular weight excluding hydrogens is 591 g/mol. The van der Waals surface area contributed by atoms with Crippen molar-refractivity contribution in [1.29, 1.82) is 0 Å². The zero-order valence-corrected chi connectivity index (χ0v) is 23.0. The average Bonchev–Trinajstić information content (AvgIpc) is 3.44. The fourth-order valence-corrected chi connectivity index (χ4v) is 10.8. The van der Waals surface area contributed by atoms with E-state index in [2.05, 4.69) is 0 Å². The van der Waals surface area contributed by atoms with E-state index in [0.29, 0.717) is 6.92 Å². The van der Waals surface area contributed by atoms with E-state index >= 15 is 0 Å². The van der Waals surface area contributed by atoms with Crippen LogP contribution in [0.5, 0.6) is 0 Å². The number of rotatable bonds is 6. The van der Waals surface area contributed by atoms with Gasteiger partial charge in [0.2, 0.25) is 5.67 Å². The molecule has 0 aliphatic heterocycles. The van der Waals surface area contributed by atoms with E-state index in [-0.39, 0.29) is 45.7 Å². The molecule has 0 bridgehead atoms. The number of carbonyl (C=O) groups is 1. The van der Waals surface area contributed by atoms with Crippen LogP contribution in [0.1, 0.15) is 46.8 Å². The fraction of sp³-hybridized carbons (Fsp3) is 0.321. The number of sulfone groups is 2. The molecule has 4 unspecified atom stereocenters. The molecule has 0 saturated heterocycles. The first-order valence-electron chi connectivity index (χ1n) is 12.4. The topological polar surface area (TPSA) is 106 Å². The van der Waals surface area contributed by atoms with Gasteiger partial charge < -0.3 is 5.11 Å². The molecule has 6 nitrogen and oxygen atoms in total. The predicted octanol–water partition coefficient (Wildman–Crippen LogP) is 5.75. The first-order valence-corrected chi connectivity index (χ1v) is 15.4. The third kappa shape index (κ3) is 4.27. The molecule has 2 aliphatic carbocycles. The van der Waals surface area contributed by atoms with Crippen LogP contribution >= 0.6 is 0 Å². The van der Waals surface area contributed by atoms with E-state index < -0.39 is 64.8 Å². The lowest BCUT2D eigenvalue weighted by molar-refractivity contribution is -0.228. The second-order valence-electron chi connectivity index (χ2n) is 10.5. The molecule has 1 saturated carbocycles. The van der Waals surface area contributed by atoms with Gasteiger partial charge in [0.25, 0.3) is 0 Å². The van der Waals surface area contributed by atoms with E-state index in [0.717, 1.165) is 66.7 Å². The fourth-order valence-electron chi connectivity index (χ4n) is 6.18. The molecule has 13 heteroatoms. The zero-order chi connectivity index (χ0) is 30.2. The van der Waals surface area contributed by atoms with Gasteiger partial charge in [-0.2, -0.15) is 13.2 Å². The summed E-state index contributed by atoms with van der Waals surface area (Å²) in [6, 6.07) is 11.3. The van der Waals surface area contributed by atoms with Crippen molar-refractivity contribution < 1.29 is 48.7 Å². The molecule has 5 rings (SSSR count). The molecule has 41 heavy (non-hydrogen) atoms. The molecule has 2 aliphatic rings. The highest BCUT2D eigenvalue weighted by Gasteiger charge is 2.65.